The van der Waals surface area contributed by atoms with Gasteiger partial charge in [-0.15, -0.1) is 0 Å². The molecule has 2 rings (SSSR count). The molecule has 0 amide bonds. The van der Waals surface area contributed by atoms with E-state index in [2.05, 4.69) is 24.2 Å². The summed E-state index contributed by atoms with van der Waals surface area (Å²) >= 11 is 0. The molecule has 0 saturated carbocycles. The van der Waals surface area contributed by atoms with Crippen molar-refractivity contribution in [3.8, 4) is 23.1 Å². The molecule has 0 aliphatic carbocycles. The van der Waals surface area contributed by atoms with Gasteiger partial charge in [0.2, 0.25) is 0 Å². The van der Waals surface area contributed by atoms with Gasteiger partial charge in [-0.2, -0.15) is 10.4 Å². The summed E-state index contributed by atoms with van der Waals surface area (Å²) in [7, 11) is 3.51. The number of benzene rings is 1. The van der Waals surface area contributed by atoms with Gasteiger partial charge in [0.1, 0.15) is 11.8 Å². The van der Waals surface area contributed by atoms with Crippen LogP contribution in [0.25, 0.3) is 11.3 Å². The van der Waals surface area contributed by atoms with Crippen LogP contribution in [0, 0.1) is 11.3 Å². The number of nitrogens with zero attached hydrogens (tertiary/aromatic N) is 3. The van der Waals surface area contributed by atoms with Gasteiger partial charge in [-0.05, 0) is 30.2 Å². The standard InChI is InChI=1S/C14H15N3O/c1-4-10-7-11(5-6-14(10)18-3)13-8-12(9-15)16-17(13)2/h5-8H,4H2,1-3H3. The zero-order chi connectivity index (χ0) is 13.1. The van der Waals surface area contributed by atoms with Crippen molar-refractivity contribution in [2.24, 2.45) is 7.05 Å². The van der Waals surface area contributed by atoms with E-state index in [0.29, 0.717) is 5.69 Å². The average molecular weight is 241 g/mol. The molecule has 18 heavy (non-hydrogen) atoms. The number of ether oxygens (including phenoxy) is 1. The predicted octanol–water partition coefficient (Wildman–Crippen LogP) is 2.53. The molecule has 0 saturated heterocycles. The maximum Gasteiger partial charge on any atom is 0.163 e. The van der Waals surface area contributed by atoms with Crippen molar-refractivity contribution < 1.29 is 4.74 Å². The van der Waals surface area contributed by atoms with Gasteiger partial charge in [-0.1, -0.05) is 6.92 Å². The zero-order valence-corrected chi connectivity index (χ0v) is 10.8. The Balaban J connectivity index is 2.51. The van der Waals surface area contributed by atoms with E-state index in [1.54, 1.807) is 17.9 Å². The minimum atomic E-state index is 0.432. The van der Waals surface area contributed by atoms with Crippen LogP contribution >= 0.6 is 0 Å². The van der Waals surface area contributed by atoms with Crippen LogP contribution in [-0.2, 0) is 13.5 Å². The second kappa shape index (κ2) is 4.92. The fourth-order valence-corrected chi connectivity index (χ4v) is 2.01. The maximum absolute atomic E-state index is 8.86. The largest absolute Gasteiger partial charge is 0.496 e. The van der Waals surface area contributed by atoms with E-state index < -0.39 is 0 Å². The summed E-state index contributed by atoms with van der Waals surface area (Å²) in [6.45, 7) is 2.09. The average Bonchev–Trinajstić information content (AvgIpc) is 2.79. The Morgan fingerprint density at radius 3 is 2.72 bits per heavy atom. The highest BCUT2D eigenvalue weighted by atomic mass is 16.5. The van der Waals surface area contributed by atoms with E-state index in [-0.39, 0.29) is 0 Å². The van der Waals surface area contributed by atoms with Gasteiger partial charge in [0, 0.05) is 18.7 Å². The van der Waals surface area contributed by atoms with Crippen LogP contribution in [0.15, 0.2) is 24.3 Å². The van der Waals surface area contributed by atoms with E-state index in [1.807, 2.05) is 19.2 Å². The Hall–Kier alpha value is -2.28. The second-order valence-electron chi connectivity index (χ2n) is 4.03. The number of rotatable bonds is 3. The maximum atomic E-state index is 8.86. The monoisotopic (exact) mass is 241 g/mol. The van der Waals surface area contributed by atoms with Gasteiger partial charge in [0.15, 0.2) is 5.69 Å². The summed E-state index contributed by atoms with van der Waals surface area (Å²) in [6.07, 6.45) is 0.903. The Morgan fingerprint density at radius 1 is 1.39 bits per heavy atom. The minimum Gasteiger partial charge on any atom is -0.496 e. The van der Waals surface area contributed by atoms with Gasteiger partial charge < -0.3 is 4.74 Å². The van der Waals surface area contributed by atoms with Crippen molar-refractivity contribution in [2.45, 2.75) is 13.3 Å². The molecule has 0 N–H and O–H groups in total. The molecule has 0 aliphatic heterocycles. The third-order valence-corrected chi connectivity index (χ3v) is 2.95. The molecule has 0 atom stereocenters. The summed E-state index contributed by atoms with van der Waals surface area (Å²) in [6, 6.07) is 9.86. The molecule has 92 valence electrons. The van der Waals surface area contributed by atoms with Crippen LogP contribution in [0.2, 0.25) is 0 Å². The highest BCUT2D eigenvalue weighted by Gasteiger charge is 2.09. The summed E-state index contributed by atoms with van der Waals surface area (Å²) in [5, 5.41) is 13.0. The van der Waals surface area contributed by atoms with Crippen molar-refractivity contribution in [1.82, 2.24) is 9.78 Å². The summed E-state index contributed by atoms with van der Waals surface area (Å²) in [4.78, 5) is 0. The number of nitriles is 1. The first-order valence-corrected chi connectivity index (χ1v) is 5.81. The number of hydrogen-bond acceptors (Lipinski definition) is 3. The molecule has 0 fully saturated rings. The Bertz CT molecular complexity index is 608. The van der Waals surface area contributed by atoms with Crippen molar-refractivity contribution in [1.29, 1.82) is 5.26 Å². The van der Waals surface area contributed by atoms with Gasteiger partial charge in [-0.3, -0.25) is 4.68 Å². The van der Waals surface area contributed by atoms with Gasteiger partial charge in [0.25, 0.3) is 0 Å². The van der Waals surface area contributed by atoms with E-state index >= 15 is 0 Å². The third kappa shape index (κ3) is 2.07. The Labute approximate surface area is 106 Å². The minimum absolute atomic E-state index is 0.432. The molecular formula is C14H15N3O. The molecule has 0 bridgehead atoms. The van der Waals surface area contributed by atoms with E-state index in [1.165, 1.54) is 0 Å². The van der Waals surface area contributed by atoms with Crippen LogP contribution in [-0.4, -0.2) is 16.9 Å². The Kier molecular flexibility index (Phi) is 3.33. The Morgan fingerprint density at radius 2 is 2.17 bits per heavy atom. The molecule has 0 spiro atoms. The second-order valence-corrected chi connectivity index (χ2v) is 4.03. The third-order valence-electron chi connectivity index (χ3n) is 2.95. The highest BCUT2D eigenvalue weighted by Crippen LogP contribution is 2.27. The topological polar surface area (TPSA) is 50.8 Å². The molecule has 0 aliphatic rings. The lowest BCUT2D eigenvalue weighted by atomic mass is 10.0. The molecule has 4 nitrogen and oxygen atoms in total. The van der Waals surface area contributed by atoms with Crippen molar-refractivity contribution in [2.75, 3.05) is 7.11 Å². The summed E-state index contributed by atoms with van der Waals surface area (Å²) in [5.74, 6) is 0.893. The summed E-state index contributed by atoms with van der Waals surface area (Å²) < 4.78 is 7.03. The molecule has 0 radical (unpaired) electrons. The molecule has 1 aromatic carbocycles. The number of methoxy groups -OCH3 is 1. The quantitative estimate of drug-likeness (QED) is 0.829. The van der Waals surface area contributed by atoms with Gasteiger partial charge in [-0.25, -0.2) is 0 Å². The van der Waals surface area contributed by atoms with Gasteiger partial charge >= 0.3 is 0 Å². The van der Waals surface area contributed by atoms with Crippen molar-refractivity contribution >= 4 is 0 Å². The van der Waals surface area contributed by atoms with E-state index in [9.17, 15) is 0 Å². The van der Waals surface area contributed by atoms with Crippen LogP contribution in [0.5, 0.6) is 5.75 Å². The number of hydrogen-bond donors (Lipinski definition) is 0. The van der Waals surface area contributed by atoms with Crippen LogP contribution in [0.1, 0.15) is 18.2 Å². The predicted molar refractivity (Wildman–Crippen MR) is 69.3 cm³/mol. The van der Waals surface area contributed by atoms with E-state index in [4.69, 9.17) is 10.00 Å². The van der Waals surface area contributed by atoms with Crippen LogP contribution < -0.4 is 4.74 Å². The van der Waals surface area contributed by atoms with Gasteiger partial charge in [0.05, 0.1) is 12.8 Å². The molecule has 4 heteroatoms. The molecule has 1 heterocycles. The van der Waals surface area contributed by atoms with Crippen LogP contribution in [0.3, 0.4) is 0 Å². The lowest BCUT2D eigenvalue weighted by Gasteiger charge is -2.09. The summed E-state index contributed by atoms with van der Waals surface area (Å²) in [5.41, 5.74) is 3.56. The molecular weight excluding hydrogens is 226 g/mol. The molecule has 0 unspecified atom stereocenters. The van der Waals surface area contributed by atoms with Crippen molar-refractivity contribution in [3.05, 3.63) is 35.5 Å². The van der Waals surface area contributed by atoms with Crippen LogP contribution in [0.4, 0.5) is 0 Å². The zero-order valence-electron chi connectivity index (χ0n) is 10.8. The SMILES string of the molecule is CCc1cc(-c2cc(C#N)nn2C)ccc1OC. The first-order valence-electron chi connectivity index (χ1n) is 5.81. The van der Waals surface area contributed by atoms with Crippen molar-refractivity contribution in [3.63, 3.8) is 0 Å². The molecule has 2 aromatic rings. The fourth-order valence-electron chi connectivity index (χ4n) is 2.01. The number of aromatic nitrogens is 2. The fraction of sp³-hybridized carbons (Fsp3) is 0.286. The highest BCUT2D eigenvalue weighted by molar-refractivity contribution is 5.63. The molecule has 1 aromatic heterocycles. The first kappa shape index (κ1) is 12.2. The first-order chi connectivity index (χ1) is 8.69. The van der Waals surface area contributed by atoms with E-state index in [0.717, 1.165) is 29.0 Å². The normalized spacial score (nSPS) is 10.1. The smallest absolute Gasteiger partial charge is 0.163 e. The lowest BCUT2D eigenvalue weighted by molar-refractivity contribution is 0.410. The lowest BCUT2D eigenvalue weighted by Crippen LogP contribution is -1.96. The number of aryl methyl sites for hydroxylation is 2.